The van der Waals surface area contributed by atoms with E-state index in [1.807, 2.05) is 0 Å². The van der Waals surface area contributed by atoms with Crippen molar-refractivity contribution in [2.75, 3.05) is 26.0 Å². The van der Waals surface area contributed by atoms with E-state index in [1.165, 1.54) is 7.11 Å². The number of nitrogens with one attached hydrogen (secondary N) is 2. The largest absolute Gasteiger partial charge is 0.480 e. The molecule has 0 heterocycles. The van der Waals surface area contributed by atoms with Gasteiger partial charge in [0, 0.05) is 13.7 Å². The van der Waals surface area contributed by atoms with E-state index in [2.05, 4.69) is 17.0 Å². The van der Waals surface area contributed by atoms with Crippen molar-refractivity contribution in [3.63, 3.8) is 0 Å². The molecule has 0 unspecified atom stereocenters. The number of amides is 1. The molecule has 8 nitrogen and oxygen atoms in total. The van der Waals surface area contributed by atoms with E-state index in [1.54, 1.807) is 0 Å². The highest BCUT2D eigenvalue weighted by Crippen LogP contribution is 2.33. The molecule has 0 bridgehead atoms. The molecule has 1 rings (SSSR count). The molecule has 1 saturated carbocycles. The highest BCUT2D eigenvalue weighted by atomic mass is 32.2. The van der Waals surface area contributed by atoms with Gasteiger partial charge in [0.25, 0.3) is 0 Å². The molecule has 0 spiro atoms. The lowest BCUT2D eigenvalue weighted by atomic mass is 9.75. The van der Waals surface area contributed by atoms with E-state index in [0.717, 1.165) is 19.3 Å². The van der Waals surface area contributed by atoms with Gasteiger partial charge in [0.1, 0.15) is 5.54 Å². The summed E-state index contributed by atoms with van der Waals surface area (Å²) in [5.41, 5.74) is -1.29. The zero-order valence-corrected chi connectivity index (χ0v) is 15.2. The first-order valence-electron chi connectivity index (χ1n) is 8.25. The topological polar surface area (TPSA) is 122 Å². The fraction of sp³-hybridized carbons (Fsp3) is 0.867. The van der Waals surface area contributed by atoms with Gasteiger partial charge in [-0.3, -0.25) is 4.79 Å². The van der Waals surface area contributed by atoms with Crippen LogP contribution in [0.3, 0.4) is 0 Å². The minimum absolute atomic E-state index is 0.142. The standard InChI is InChI=1S/C15H28N2O6S/c1-3-12-5-7-15(8-6-12,14(19)20)17-13(18)11-16-24(21,22)10-4-9-23-2/h12,16H,3-11H2,1-2H3,(H,17,18)(H,19,20). The second-order valence-corrected chi connectivity index (χ2v) is 8.20. The molecule has 1 fully saturated rings. The van der Waals surface area contributed by atoms with Gasteiger partial charge in [-0.1, -0.05) is 13.3 Å². The van der Waals surface area contributed by atoms with E-state index in [-0.39, 0.29) is 5.75 Å². The summed E-state index contributed by atoms with van der Waals surface area (Å²) in [5.74, 6) is -1.35. The number of carboxylic acid groups (broad SMARTS) is 1. The Morgan fingerprint density at radius 2 is 1.92 bits per heavy atom. The van der Waals surface area contributed by atoms with E-state index in [4.69, 9.17) is 4.74 Å². The van der Waals surface area contributed by atoms with Gasteiger partial charge >= 0.3 is 5.97 Å². The maximum atomic E-state index is 12.0. The van der Waals surface area contributed by atoms with Crippen molar-refractivity contribution < 1.29 is 27.9 Å². The Balaban J connectivity index is 2.54. The predicted molar refractivity (Wildman–Crippen MR) is 89.0 cm³/mol. The summed E-state index contributed by atoms with van der Waals surface area (Å²) in [5, 5.41) is 12.0. The fourth-order valence-electron chi connectivity index (χ4n) is 2.92. The molecule has 140 valence electrons. The first-order valence-corrected chi connectivity index (χ1v) is 9.90. The van der Waals surface area contributed by atoms with Gasteiger partial charge in [-0.05, 0) is 38.0 Å². The molecule has 3 N–H and O–H groups in total. The molecule has 0 atom stereocenters. The molecular weight excluding hydrogens is 336 g/mol. The maximum absolute atomic E-state index is 12.0. The van der Waals surface area contributed by atoms with Crippen molar-refractivity contribution in [1.82, 2.24) is 10.0 Å². The quantitative estimate of drug-likeness (QED) is 0.485. The van der Waals surface area contributed by atoms with Crippen LogP contribution in [-0.2, 0) is 24.3 Å². The number of carbonyl (C=O) groups excluding carboxylic acids is 1. The molecule has 0 radical (unpaired) electrons. The summed E-state index contributed by atoms with van der Waals surface area (Å²) < 4.78 is 30.4. The van der Waals surface area contributed by atoms with Crippen molar-refractivity contribution in [2.45, 2.75) is 51.0 Å². The van der Waals surface area contributed by atoms with E-state index < -0.39 is 34.0 Å². The third kappa shape index (κ3) is 6.37. The molecule has 0 aromatic carbocycles. The Kier molecular flexibility index (Phi) is 8.11. The van der Waals surface area contributed by atoms with Gasteiger partial charge in [0.05, 0.1) is 12.3 Å². The fourth-order valence-corrected chi connectivity index (χ4v) is 3.92. The smallest absolute Gasteiger partial charge is 0.329 e. The Morgan fingerprint density at radius 1 is 1.29 bits per heavy atom. The molecule has 24 heavy (non-hydrogen) atoms. The predicted octanol–water partition coefficient (Wildman–Crippen LogP) is 0.482. The lowest BCUT2D eigenvalue weighted by molar-refractivity contribution is -0.149. The van der Waals surface area contributed by atoms with Gasteiger partial charge in [0.2, 0.25) is 15.9 Å². The highest BCUT2D eigenvalue weighted by molar-refractivity contribution is 7.89. The molecular formula is C15H28N2O6S. The van der Waals surface area contributed by atoms with Crippen LogP contribution in [-0.4, -0.2) is 57.0 Å². The molecule has 0 saturated heterocycles. The van der Waals surface area contributed by atoms with Crippen LogP contribution >= 0.6 is 0 Å². The summed E-state index contributed by atoms with van der Waals surface area (Å²) in [7, 11) is -2.10. The van der Waals surface area contributed by atoms with Crippen LogP contribution in [0.4, 0.5) is 0 Å². The first-order chi connectivity index (χ1) is 11.2. The van der Waals surface area contributed by atoms with Gasteiger partial charge in [-0.15, -0.1) is 0 Å². The SMILES string of the molecule is CCC1CCC(NC(=O)CNS(=O)(=O)CCCOC)(C(=O)O)CC1. The van der Waals surface area contributed by atoms with Crippen LogP contribution in [0.15, 0.2) is 0 Å². The van der Waals surface area contributed by atoms with Crippen LogP contribution in [0.2, 0.25) is 0 Å². The zero-order valence-electron chi connectivity index (χ0n) is 14.3. The lowest BCUT2D eigenvalue weighted by Crippen LogP contribution is -2.58. The monoisotopic (exact) mass is 364 g/mol. The number of sulfonamides is 1. The number of carboxylic acids is 1. The Labute approximate surface area is 143 Å². The second kappa shape index (κ2) is 9.33. The lowest BCUT2D eigenvalue weighted by Gasteiger charge is -2.37. The Hall–Kier alpha value is -1.19. The number of aliphatic carboxylic acids is 1. The van der Waals surface area contributed by atoms with Gasteiger partial charge < -0.3 is 15.2 Å². The average molecular weight is 364 g/mol. The number of methoxy groups -OCH3 is 1. The summed E-state index contributed by atoms with van der Waals surface area (Å²) >= 11 is 0. The number of rotatable bonds is 10. The Bertz CT molecular complexity index is 526. The van der Waals surface area contributed by atoms with Gasteiger partial charge in [0.15, 0.2) is 0 Å². The molecule has 9 heteroatoms. The van der Waals surface area contributed by atoms with Crippen LogP contribution in [0.1, 0.15) is 45.4 Å². The van der Waals surface area contributed by atoms with Crippen LogP contribution in [0.25, 0.3) is 0 Å². The zero-order chi connectivity index (χ0) is 18.2. The third-order valence-electron chi connectivity index (χ3n) is 4.54. The summed E-state index contributed by atoms with van der Waals surface area (Å²) in [6, 6.07) is 0. The average Bonchev–Trinajstić information content (AvgIpc) is 2.54. The van der Waals surface area contributed by atoms with Gasteiger partial charge in [-0.2, -0.15) is 0 Å². The van der Waals surface area contributed by atoms with Crippen molar-refractivity contribution in [1.29, 1.82) is 0 Å². The molecule has 0 aromatic rings. The number of hydrogen-bond donors (Lipinski definition) is 3. The number of ether oxygens (including phenoxy) is 1. The summed E-state index contributed by atoms with van der Waals surface area (Å²) in [6.07, 6.45) is 3.54. The van der Waals surface area contributed by atoms with Crippen molar-refractivity contribution >= 4 is 21.9 Å². The third-order valence-corrected chi connectivity index (χ3v) is 5.95. The first kappa shape index (κ1) is 20.9. The van der Waals surface area contributed by atoms with Crippen molar-refractivity contribution in [3.8, 4) is 0 Å². The minimum Gasteiger partial charge on any atom is -0.480 e. The van der Waals surface area contributed by atoms with Crippen molar-refractivity contribution in [2.24, 2.45) is 5.92 Å². The van der Waals surface area contributed by atoms with Gasteiger partial charge in [-0.25, -0.2) is 17.9 Å². The van der Waals surface area contributed by atoms with Crippen molar-refractivity contribution in [3.05, 3.63) is 0 Å². The maximum Gasteiger partial charge on any atom is 0.329 e. The van der Waals surface area contributed by atoms with Crippen LogP contribution in [0, 0.1) is 5.92 Å². The number of hydrogen-bond acceptors (Lipinski definition) is 5. The highest BCUT2D eigenvalue weighted by Gasteiger charge is 2.42. The van der Waals surface area contributed by atoms with Crippen LogP contribution < -0.4 is 10.0 Å². The molecule has 0 aliphatic heterocycles. The van der Waals surface area contributed by atoms with E-state index >= 15 is 0 Å². The van der Waals surface area contributed by atoms with E-state index in [9.17, 15) is 23.1 Å². The normalized spacial score (nSPS) is 24.5. The van der Waals surface area contributed by atoms with E-state index in [0.29, 0.717) is 31.8 Å². The molecule has 1 aliphatic carbocycles. The molecule has 1 amide bonds. The molecule has 1 aliphatic rings. The summed E-state index contributed by atoms with van der Waals surface area (Å²) in [6.45, 7) is 1.92. The van der Waals surface area contributed by atoms with Crippen LogP contribution in [0.5, 0.6) is 0 Å². The Morgan fingerprint density at radius 3 is 2.42 bits per heavy atom. The molecule has 0 aromatic heterocycles. The summed E-state index contributed by atoms with van der Waals surface area (Å²) in [4.78, 5) is 23.6. The number of carbonyl (C=O) groups is 2. The minimum atomic E-state index is -3.58. The second-order valence-electron chi connectivity index (χ2n) is 6.27.